The summed E-state index contributed by atoms with van der Waals surface area (Å²) in [5.41, 5.74) is 1.25. The number of nitrogens with one attached hydrogen (secondary N) is 2. The van der Waals surface area contributed by atoms with E-state index in [-0.39, 0.29) is 12.5 Å². The first kappa shape index (κ1) is 15.6. The fourth-order valence-corrected chi connectivity index (χ4v) is 2.43. The van der Waals surface area contributed by atoms with Gasteiger partial charge in [-0.15, -0.1) is 0 Å². The van der Waals surface area contributed by atoms with E-state index in [9.17, 15) is 4.79 Å². The lowest BCUT2D eigenvalue weighted by molar-refractivity contribution is -0.118. The van der Waals surface area contributed by atoms with E-state index in [2.05, 4.69) is 27.7 Å². The zero-order valence-electron chi connectivity index (χ0n) is 12.7. The largest absolute Gasteiger partial charge is 0.482 e. The van der Waals surface area contributed by atoms with Gasteiger partial charge < -0.3 is 19.9 Å². The van der Waals surface area contributed by atoms with Crippen LogP contribution in [0.2, 0.25) is 5.02 Å². The van der Waals surface area contributed by atoms with Gasteiger partial charge in [-0.25, -0.2) is 0 Å². The minimum Gasteiger partial charge on any atom is -0.482 e. The Morgan fingerprint density at radius 3 is 3.13 bits per heavy atom. The van der Waals surface area contributed by atoms with Gasteiger partial charge in [-0.1, -0.05) is 30.1 Å². The molecule has 0 unspecified atom stereocenters. The van der Waals surface area contributed by atoms with Crippen molar-refractivity contribution in [1.82, 2.24) is 10.1 Å². The molecule has 0 atom stereocenters. The molecule has 0 bridgehead atoms. The minimum absolute atomic E-state index is 0.000295. The third-order valence-corrected chi connectivity index (χ3v) is 3.71. The van der Waals surface area contributed by atoms with Crippen molar-refractivity contribution in [2.45, 2.75) is 32.7 Å². The average Bonchev–Trinajstić information content (AvgIpc) is 2.99. The number of anilines is 2. The molecule has 1 aliphatic heterocycles. The number of ether oxygens (including phenoxy) is 1. The second-order valence-electron chi connectivity index (χ2n) is 5.23. The van der Waals surface area contributed by atoms with Crippen LogP contribution >= 0.6 is 11.6 Å². The van der Waals surface area contributed by atoms with Crippen molar-refractivity contribution in [3.8, 4) is 5.75 Å². The molecule has 1 aromatic carbocycles. The number of rotatable bonds is 6. The Morgan fingerprint density at radius 2 is 2.30 bits per heavy atom. The Hall–Kier alpha value is -2.28. The van der Waals surface area contributed by atoms with Gasteiger partial charge in [-0.05, 0) is 12.5 Å². The molecule has 1 amide bonds. The lowest BCUT2D eigenvalue weighted by atomic mass is 10.2. The SMILES string of the molecule is CCCCc1nc(CNc2cc3c(cc2Cl)NC(=O)CO3)no1. The van der Waals surface area contributed by atoms with E-state index < -0.39 is 0 Å². The number of carbonyl (C=O) groups is 1. The van der Waals surface area contributed by atoms with Crippen molar-refractivity contribution in [2.24, 2.45) is 0 Å². The van der Waals surface area contributed by atoms with E-state index in [4.69, 9.17) is 20.9 Å². The Balaban J connectivity index is 1.66. The summed E-state index contributed by atoms with van der Waals surface area (Å²) in [5.74, 6) is 1.60. The number of hydrogen-bond donors (Lipinski definition) is 2. The normalized spacial score (nSPS) is 13.2. The van der Waals surface area contributed by atoms with Crippen molar-refractivity contribution in [3.63, 3.8) is 0 Å². The monoisotopic (exact) mass is 336 g/mol. The first-order chi connectivity index (χ1) is 11.2. The van der Waals surface area contributed by atoms with E-state index >= 15 is 0 Å². The second kappa shape index (κ2) is 6.87. The summed E-state index contributed by atoms with van der Waals surface area (Å²) in [6.07, 6.45) is 2.89. The molecule has 8 heteroatoms. The van der Waals surface area contributed by atoms with Gasteiger partial charge >= 0.3 is 0 Å². The molecule has 0 aliphatic carbocycles. The van der Waals surface area contributed by atoms with Crippen LogP contribution in [-0.4, -0.2) is 22.7 Å². The standard InChI is InChI=1S/C15H17ClN4O3/c1-2-3-4-15-19-13(20-23-15)7-17-10-6-12-11(5-9(10)16)18-14(21)8-22-12/h5-6,17H,2-4,7-8H2,1H3,(H,18,21). The number of unbranched alkanes of at least 4 members (excludes halogenated alkanes) is 1. The highest BCUT2D eigenvalue weighted by molar-refractivity contribution is 6.33. The first-order valence-corrected chi connectivity index (χ1v) is 7.85. The quantitative estimate of drug-likeness (QED) is 0.842. The smallest absolute Gasteiger partial charge is 0.262 e. The van der Waals surface area contributed by atoms with Gasteiger partial charge in [0.25, 0.3) is 5.91 Å². The molecule has 0 saturated carbocycles. The summed E-state index contributed by atoms with van der Waals surface area (Å²) in [6.45, 7) is 2.50. The number of carbonyl (C=O) groups excluding carboxylic acids is 1. The highest BCUT2D eigenvalue weighted by atomic mass is 35.5. The third kappa shape index (κ3) is 3.73. The fourth-order valence-electron chi connectivity index (χ4n) is 2.20. The lowest BCUT2D eigenvalue weighted by Crippen LogP contribution is -2.25. The molecule has 2 aromatic rings. The summed E-state index contributed by atoms with van der Waals surface area (Å²) < 4.78 is 10.6. The second-order valence-corrected chi connectivity index (χ2v) is 5.63. The Kier molecular flexibility index (Phi) is 4.66. The maximum Gasteiger partial charge on any atom is 0.262 e. The van der Waals surface area contributed by atoms with Crippen LogP contribution in [0.25, 0.3) is 0 Å². The molecule has 1 aliphatic rings. The van der Waals surface area contributed by atoms with Gasteiger partial charge in [0, 0.05) is 12.5 Å². The van der Waals surface area contributed by atoms with E-state index in [1.165, 1.54) is 0 Å². The summed E-state index contributed by atoms with van der Waals surface area (Å²) in [5, 5.41) is 10.3. The van der Waals surface area contributed by atoms with Gasteiger partial charge in [0.05, 0.1) is 22.9 Å². The Labute approximate surface area is 138 Å². The molecule has 2 N–H and O–H groups in total. The number of benzene rings is 1. The predicted octanol–water partition coefficient (Wildman–Crippen LogP) is 3.01. The number of hydrogen-bond acceptors (Lipinski definition) is 6. The Morgan fingerprint density at radius 1 is 1.43 bits per heavy atom. The maximum absolute atomic E-state index is 11.3. The first-order valence-electron chi connectivity index (χ1n) is 7.47. The molecular weight excluding hydrogens is 320 g/mol. The van der Waals surface area contributed by atoms with Crippen LogP contribution in [0.1, 0.15) is 31.5 Å². The lowest BCUT2D eigenvalue weighted by Gasteiger charge is -2.19. The van der Waals surface area contributed by atoms with Crippen molar-refractivity contribution in [2.75, 3.05) is 17.2 Å². The Bertz CT molecular complexity index is 717. The number of aryl methyl sites for hydroxylation is 1. The molecule has 23 heavy (non-hydrogen) atoms. The van der Waals surface area contributed by atoms with Crippen LogP contribution in [0.3, 0.4) is 0 Å². The average molecular weight is 337 g/mol. The number of amides is 1. The van der Waals surface area contributed by atoms with Crippen molar-refractivity contribution in [1.29, 1.82) is 0 Å². The highest BCUT2D eigenvalue weighted by Gasteiger charge is 2.18. The van der Waals surface area contributed by atoms with Gasteiger partial charge in [-0.2, -0.15) is 4.98 Å². The highest BCUT2D eigenvalue weighted by Crippen LogP contribution is 2.36. The van der Waals surface area contributed by atoms with Crippen molar-refractivity contribution < 1.29 is 14.1 Å². The topological polar surface area (TPSA) is 89.3 Å². The van der Waals surface area contributed by atoms with Crippen molar-refractivity contribution in [3.05, 3.63) is 28.9 Å². The number of halogens is 1. The van der Waals surface area contributed by atoms with Crippen LogP contribution in [0.5, 0.6) is 5.75 Å². The van der Waals surface area contributed by atoms with Crippen LogP contribution < -0.4 is 15.4 Å². The molecular formula is C15H17ClN4O3. The minimum atomic E-state index is -0.194. The van der Waals surface area contributed by atoms with Crippen LogP contribution in [0.4, 0.5) is 11.4 Å². The fraction of sp³-hybridized carbons (Fsp3) is 0.400. The molecule has 0 fully saturated rings. The zero-order chi connectivity index (χ0) is 16.2. The van der Waals surface area contributed by atoms with Gasteiger partial charge in [-0.3, -0.25) is 4.79 Å². The van der Waals surface area contributed by atoms with Crippen LogP contribution in [-0.2, 0) is 17.8 Å². The van der Waals surface area contributed by atoms with Gasteiger partial charge in [0.1, 0.15) is 5.75 Å². The maximum atomic E-state index is 11.3. The van der Waals surface area contributed by atoms with E-state index in [0.29, 0.717) is 40.4 Å². The molecule has 7 nitrogen and oxygen atoms in total. The number of nitrogens with zero attached hydrogens (tertiary/aromatic N) is 2. The third-order valence-electron chi connectivity index (χ3n) is 3.39. The number of fused-ring (bicyclic) bond motifs is 1. The molecule has 2 heterocycles. The van der Waals surface area contributed by atoms with Crippen molar-refractivity contribution >= 4 is 28.9 Å². The predicted molar refractivity (Wildman–Crippen MR) is 85.8 cm³/mol. The summed E-state index contributed by atoms with van der Waals surface area (Å²) >= 11 is 6.22. The van der Waals surface area contributed by atoms with Gasteiger partial charge in [0.2, 0.25) is 5.89 Å². The van der Waals surface area contributed by atoms with E-state index in [1.54, 1.807) is 12.1 Å². The molecule has 0 radical (unpaired) electrons. The zero-order valence-corrected chi connectivity index (χ0v) is 13.4. The summed E-state index contributed by atoms with van der Waals surface area (Å²) in [7, 11) is 0. The summed E-state index contributed by atoms with van der Waals surface area (Å²) in [6, 6.07) is 3.40. The van der Waals surface area contributed by atoms with Gasteiger partial charge in [0.15, 0.2) is 12.4 Å². The molecule has 0 spiro atoms. The molecule has 0 saturated heterocycles. The number of aromatic nitrogens is 2. The summed E-state index contributed by atoms with van der Waals surface area (Å²) in [4.78, 5) is 15.6. The molecule has 1 aromatic heterocycles. The molecule has 3 rings (SSSR count). The molecule has 122 valence electrons. The van der Waals surface area contributed by atoms with Crippen LogP contribution in [0, 0.1) is 0 Å². The van der Waals surface area contributed by atoms with Crippen LogP contribution in [0.15, 0.2) is 16.7 Å². The van der Waals surface area contributed by atoms with E-state index in [1.807, 2.05) is 0 Å². The van der Waals surface area contributed by atoms with E-state index in [0.717, 1.165) is 19.3 Å².